The van der Waals surface area contributed by atoms with Gasteiger partial charge in [-0.25, -0.2) is 4.39 Å². The maximum Gasteiger partial charge on any atom is 0.234 e. The van der Waals surface area contributed by atoms with Crippen molar-refractivity contribution in [1.29, 1.82) is 5.26 Å². The zero-order chi connectivity index (χ0) is 28.6. The standard InChI is InChI=1S/C28H24BrFN6O2S2/c1-14-6-8-17(10-15(14)2)33-23(38)13-39-28-35-34-27(40-28)36-21-4-3-5-22(37)25(21)24(19(12-31)26(36)32)18-11-16(29)7-9-20(18)30/h6-11,24H,3-5,13,32H2,1-2H3,(H,33,38). The van der Waals surface area contributed by atoms with Gasteiger partial charge in [-0.3, -0.25) is 14.5 Å². The second-order valence-corrected chi connectivity index (χ2v) is 12.6. The van der Waals surface area contributed by atoms with Gasteiger partial charge in [-0.2, -0.15) is 5.26 Å². The molecule has 1 aliphatic heterocycles. The van der Waals surface area contributed by atoms with Crippen molar-refractivity contribution in [1.82, 2.24) is 10.2 Å². The minimum absolute atomic E-state index is 0.0724. The van der Waals surface area contributed by atoms with Gasteiger partial charge >= 0.3 is 0 Å². The number of nitriles is 1. The van der Waals surface area contributed by atoms with Crippen molar-refractivity contribution < 1.29 is 14.0 Å². The molecule has 3 aromatic rings. The molecule has 1 amide bonds. The number of nitrogens with two attached hydrogens (primary N) is 1. The zero-order valence-corrected chi connectivity index (χ0v) is 24.8. The van der Waals surface area contributed by atoms with E-state index in [2.05, 4.69) is 37.5 Å². The molecule has 0 bridgehead atoms. The lowest BCUT2D eigenvalue weighted by molar-refractivity contribution is -0.116. The van der Waals surface area contributed by atoms with Crippen molar-refractivity contribution in [2.24, 2.45) is 5.73 Å². The number of hydrogen-bond acceptors (Lipinski definition) is 9. The number of hydrogen-bond donors (Lipinski definition) is 2. The first kappa shape index (κ1) is 28.0. The van der Waals surface area contributed by atoms with E-state index in [0.717, 1.165) is 16.8 Å². The van der Waals surface area contributed by atoms with Gasteiger partial charge in [-0.1, -0.05) is 45.1 Å². The Labute approximate surface area is 247 Å². The molecule has 0 spiro atoms. The first-order valence-electron chi connectivity index (χ1n) is 12.4. The summed E-state index contributed by atoms with van der Waals surface area (Å²) in [5.74, 6) is -1.58. The molecule has 3 N–H and O–H groups in total. The Morgan fingerprint density at radius 3 is 2.80 bits per heavy atom. The van der Waals surface area contributed by atoms with E-state index in [4.69, 9.17) is 5.73 Å². The molecule has 12 heteroatoms. The van der Waals surface area contributed by atoms with Crippen LogP contribution in [0.4, 0.5) is 15.2 Å². The predicted octanol–water partition coefficient (Wildman–Crippen LogP) is 6.09. The normalized spacial score (nSPS) is 17.1. The van der Waals surface area contributed by atoms with Crippen molar-refractivity contribution >= 4 is 61.5 Å². The number of nitrogens with one attached hydrogen (secondary N) is 1. The molecule has 0 saturated carbocycles. The summed E-state index contributed by atoms with van der Waals surface area (Å²) in [4.78, 5) is 27.4. The number of halogens is 2. The van der Waals surface area contributed by atoms with Gasteiger partial charge in [0.15, 0.2) is 10.1 Å². The number of Topliss-reactive ketones (excluding diaryl/α,β-unsaturated/α-hetero) is 1. The summed E-state index contributed by atoms with van der Waals surface area (Å²) < 4.78 is 16.2. The van der Waals surface area contributed by atoms with Crippen LogP contribution >= 0.6 is 39.0 Å². The van der Waals surface area contributed by atoms with Crippen LogP contribution in [0.3, 0.4) is 0 Å². The SMILES string of the molecule is Cc1ccc(NC(=O)CSc2nnc(N3C(N)=C(C#N)C(c4cc(Br)ccc4F)C4=C3CCCC4=O)s2)cc1C. The van der Waals surface area contributed by atoms with Crippen LogP contribution in [0.5, 0.6) is 0 Å². The average molecular weight is 640 g/mol. The molecule has 2 aliphatic rings. The van der Waals surface area contributed by atoms with Gasteiger partial charge in [0.1, 0.15) is 11.6 Å². The maximum atomic E-state index is 15.0. The molecule has 2 heterocycles. The first-order valence-corrected chi connectivity index (χ1v) is 15.0. The second-order valence-electron chi connectivity index (χ2n) is 9.47. The number of aromatic nitrogens is 2. The molecule has 204 valence electrons. The van der Waals surface area contributed by atoms with E-state index >= 15 is 4.39 Å². The van der Waals surface area contributed by atoms with E-state index in [9.17, 15) is 14.9 Å². The van der Waals surface area contributed by atoms with E-state index in [0.29, 0.717) is 44.5 Å². The molecule has 8 nitrogen and oxygen atoms in total. The third-order valence-electron chi connectivity index (χ3n) is 6.89. The Bertz CT molecular complexity index is 1640. The topological polar surface area (TPSA) is 125 Å². The molecule has 1 aromatic heterocycles. The largest absolute Gasteiger partial charge is 0.384 e. The number of rotatable bonds is 6. The predicted molar refractivity (Wildman–Crippen MR) is 157 cm³/mol. The number of carbonyl (C=O) groups is 2. The lowest BCUT2D eigenvalue weighted by atomic mass is 9.75. The molecule has 5 rings (SSSR count). The van der Waals surface area contributed by atoms with E-state index in [1.807, 2.05) is 32.0 Å². The summed E-state index contributed by atoms with van der Waals surface area (Å²) in [7, 11) is 0. The van der Waals surface area contributed by atoms with Gasteiger partial charge in [0.2, 0.25) is 11.0 Å². The lowest BCUT2D eigenvalue weighted by Crippen LogP contribution is -2.38. The smallest absolute Gasteiger partial charge is 0.234 e. The Hall–Kier alpha value is -3.53. The zero-order valence-electron chi connectivity index (χ0n) is 21.6. The second kappa shape index (κ2) is 11.5. The van der Waals surface area contributed by atoms with Gasteiger partial charge in [-0.15, -0.1) is 10.2 Å². The highest BCUT2D eigenvalue weighted by Gasteiger charge is 2.42. The number of ketones is 1. The average Bonchev–Trinajstić information content (AvgIpc) is 3.39. The van der Waals surface area contributed by atoms with Crippen LogP contribution in [-0.4, -0.2) is 27.6 Å². The Kier molecular flexibility index (Phi) is 8.07. The van der Waals surface area contributed by atoms with Crippen LogP contribution in [0.1, 0.15) is 41.9 Å². The number of benzene rings is 2. The monoisotopic (exact) mass is 638 g/mol. The Morgan fingerprint density at radius 2 is 2.05 bits per heavy atom. The fourth-order valence-corrected chi connectivity index (χ4v) is 6.91. The van der Waals surface area contributed by atoms with Crippen LogP contribution in [-0.2, 0) is 9.59 Å². The summed E-state index contributed by atoms with van der Waals surface area (Å²) in [6.45, 7) is 3.99. The Morgan fingerprint density at radius 1 is 1.25 bits per heavy atom. The number of anilines is 2. The third-order valence-corrected chi connectivity index (χ3v) is 9.42. The first-order chi connectivity index (χ1) is 19.2. The van der Waals surface area contributed by atoms with Crippen LogP contribution in [0, 0.1) is 31.0 Å². The fraction of sp³-hybridized carbons (Fsp3) is 0.250. The molecular weight excluding hydrogens is 615 g/mol. The molecule has 0 saturated heterocycles. The number of allylic oxidation sites excluding steroid dienone is 3. The third kappa shape index (κ3) is 5.41. The quantitative estimate of drug-likeness (QED) is 0.311. The molecular formula is C28H24BrFN6O2S2. The van der Waals surface area contributed by atoms with Gasteiger partial charge in [0, 0.05) is 33.4 Å². The van der Waals surface area contributed by atoms with E-state index in [-0.39, 0.29) is 34.4 Å². The lowest BCUT2D eigenvalue weighted by Gasteiger charge is -2.38. The van der Waals surface area contributed by atoms with Crippen molar-refractivity contribution in [3.8, 4) is 6.07 Å². The molecule has 2 aromatic carbocycles. The van der Waals surface area contributed by atoms with Crippen molar-refractivity contribution in [3.05, 3.63) is 86.0 Å². The number of nitrogens with zero attached hydrogens (tertiary/aromatic N) is 4. The minimum Gasteiger partial charge on any atom is -0.384 e. The Balaban J connectivity index is 1.43. The van der Waals surface area contributed by atoms with Gasteiger partial charge in [0.25, 0.3) is 0 Å². The molecule has 0 fully saturated rings. The van der Waals surface area contributed by atoms with Crippen LogP contribution in [0.15, 0.2) is 67.9 Å². The summed E-state index contributed by atoms with van der Waals surface area (Å²) in [5.41, 5.74) is 10.7. The minimum atomic E-state index is -0.919. The fourth-order valence-electron chi connectivity index (χ4n) is 4.85. The van der Waals surface area contributed by atoms with Crippen molar-refractivity contribution in [2.75, 3.05) is 16.0 Å². The highest BCUT2D eigenvalue weighted by molar-refractivity contribution is 9.10. The summed E-state index contributed by atoms with van der Waals surface area (Å²) in [6, 6.07) is 12.3. The van der Waals surface area contributed by atoms with Crippen LogP contribution in [0.25, 0.3) is 0 Å². The molecule has 40 heavy (non-hydrogen) atoms. The van der Waals surface area contributed by atoms with Crippen LogP contribution < -0.4 is 16.0 Å². The summed E-state index contributed by atoms with van der Waals surface area (Å²) >= 11 is 5.80. The van der Waals surface area contributed by atoms with Gasteiger partial charge < -0.3 is 11.1 Å². The number of carbonyl (C=O) groups excluding carboxylic acids is 2. The maximum absolute atomic E-state index is 15.0. The van der Waals surface area contributed by atoms with Gasteiger partial charge in [0.05, 0.1) is 23.3 Å². The molecule has 1 atom stereocenters. The summed E-state index contributed by atoms with van der Waals surface area (Å²) in [6.07, 6.45) is 1.40. The highest BCUT2D eigenvalue weighted by Crippen LogP contribution is 2.47. The van der Waals surface area contributed by atoms with Crippen molar-refractivity contribution in [2.45, 2.75) is 43.4 Å². The van der Waals surface area contributed by atoms with Crippen LogP contribution in [0.2, 0.25) is 0 Å². The van der Waals surface area contributed by atoms with E-state index in [1.54, 1.807) is 17.0 Å². The van der Waals surface area contributed by atoms with Gasteiger partial charge in [-0.05, 0) is 68.1 Å². The molecule has 1 unspecified atom stereocenters. The molecule has 0 radical (unpaired) electrons. The number of thioether (sulfide) groups is 1. The molecule has 1 aliphatic carbocycles. The number of aryl methyl sites for hydroxylation is 2. The highest BCUT2D eigenvalue weighted by atomic mass is 79.9. The van der Waals surface area contributed by atoms with E-state index in [1.165, 1.54) is 29.2 Å². The number of amides is 1. The summed E-state index contributed by atoms with van der Waals surface area (Å²) in [5, 5.41) is 21.9. The van der Waals surface area contributed by atoms with Crippen molar-refractivity contribution in [3.63, 3.8) is 0 Å². The van der Waals surface area contributed by atoms with E-state index < -0.39 is 11.7 Å².